The molecule has 0 spiro atoms. The van der Waals surface area contributed by atoms with Gasteiger partial charge in [-0.15, -0.1) is 11.6 Å². The SMILES string of the molecule is O=C(CCl)N(CCOCC(F)(F)F)Cc1ccnn1-c1cccnc1. The van der Waals surface area contributed by atoms with Crippen LogP contribution in [-0.4, -0.2) is 57.4 Å². The number of pyridine rings is 1. The molecule has 2 aromatic heterocycles. The number of hydrogen-bond acceptors (Lipinski definition) is 4. The van der Waals surface area contributed by atoms with Crippen LogP contribution in [0.2, 0.25) is 0 Å². The van der Waals surface area contributed by atoms with Crippen LogP contribution in [0.25, 0.3) is 5.69 Å². The molecule has 0 aliphatic rings. The van der Waals surface area contributed by atoms with Gasteiger partial charge in [-0.1, -0.05) is 0 Å². The van der Waals surface area contributed by atoms with Crippen LogP contribution in [0.5, 0.6) is 0 Å². The topological polar surface area (TPSA) is 60.3 Å². The van der Waals surface area contributed by atoms with E-state index in [-0.39, 0.29) is 25.6 Å². The van der Waals surface area contributed by atoms with Crippen molar-refractivity contribution in [3.05, 3.63) is 42.5 Å². The lowest BCUT2D eigenvalue weighted by molar-refractivity contribution is -0.174. The van der Waals surface area contributed by atoms with Gasteiger partial charge in [-0.25, -0.2) is 4.68 Å². The lowest BCUT2D eigenvalue weighted by Gasteiger charge is -2.22. The zero-order chi connectivity index (χ0) is 18.3. The van der Waals surface area contributed by atoms with Gasteiger partial charge in [0.05, 0.1) is 30.7 Å². The van der Waals surface area contributed by atoms with Gasteiger partial charge in [-0.05, 0) is 18.2 Å². The lowest BCUT2D eigenvalue weighted by Crippen LogP contribution is -2.35. The minimum atomic E-state index is -4.40. The molecule has 0 unspecified atom stereocenters. The summed E-state index contributed by atoms with van der Waals surface area (Å²) in [5, 5.41) is 4.18. The molecule has 10 heteroatoms. The Labute approximate surface area is 147 Å². The summed E-state index contributed by atoms with van der Waals surface area (Å²) in [7, 11) is 0. The second-order valence-electron chi connectivity index (χ2n) is 5.06. The second-order valence-corrected chi connectivity index (χ2v) is 5.33. The first-order valence-corrected chi connectivity index (χ1v) is 7.85. The van der Waals surface area contributed by atoms with Gasteiger partial charge in [-0.2, -0.15) is 18.3 Å². The molecule has 1 amide bonds. The summed E-state index contributed by atoms with van der Waals surface area (Å²) < 4.78 is 42.5. The number of amides is 1. The third-order valence-electron chi connectivity index (χ3n) is 3.20. The summed E-state index contributed by atoms with van der Waals surface area (Å²) in [5.41, 5.74) is 1.37. The number of carbonyl (C=O) groups is 1. The maximum absolute atomic E-state index is 12.1. The molecule has 0 aliphatic heterocycles. The van der Waals surface area contributed by atoms with Crippen molar-refractivity contribution in [2.75, 3.05) is 25.6 Å². The summed E-state index contributed by atoms with van der Waals surface area (Å²) in [6, 6.07) is 5.25. The molecule has 0 radical (unpaired) electrons. The largest absolute Gasteiger partial charge is 0.411 e. The molecule has 0 bridgehead atoms. The number of halogens is 4. The number of hydrogen-bond donors (Lipinski definition) is 0. The highest BCUT2D eigenvalue weighted by molar-refractivity contribution is 6.27. The molecule has 0 saturated carbocycles. The van der Waals surface area contributed by atoms with Crippen LogP contribution >= 0.6 is 11.6 Å². The van der Waals surface area contributed by atoms with Crippen molar-refractivity contribution in [2.45, 2.75) is 12.7 Å². The minimum absolute atomic E-state index is 0.0140. The molecule has 0 N–H and O–H groups in total. The molecule has 0 aliphatic carbocycles. The number of carbonyl (C=O) groups excluding carboxylic acids is 1. The smallest absolute Gasteiger partial charge is 0.370 e. The summed E-state index contributed by atoms with van der Waals surface area (Å²) in [5.74, 6) is -0.684. The Balaban J connectivity index is 2.03. The first-order valence-electron chi connectivity index (χ1n) is 7.32. The van der Waals surface area contributed by atoms with Crippen LogP contribution in [0, 0.1) is 0 Å². The Morgan fingerprint density at radius 3 is 2.76 bits per heavy atom. The van der Waals surface area contributed by atoms with Crippen LogP contribution < -0.4 is 0 Å². The predicted molar refractivity (Wildman–Crippen MR) is 84.4 cm³/mol. The molecule has 25 heavy (non-hydrogen) atoms. The first kappa shape index (κ1) is 19.2. The van der Waals surface area contributed by atoms with E-state index in [2.05, 4.69) is 14.8 Å². The standard InChI is InChI=1S/C15H16ClF3N4O2/c16-8-14(24)22(6-7-25-11-15(17,18)19)10-13-3-5-21-23(13)12-2-1-4-20-9-12/h1-5,9H,6-8,10-11H2. The zero-order valence-corrected chi connectivity index (χ0v) is 13.9. The van der Waals surface area contributed by atoms with Crippen molar-refractivity contribution < 1.29 is 22.7 Å². The van der Waals surface area contributed by atoms with Crippen molar-refractivity contribution in [3.8, 4) is 5.69 Å². The Hall–Kier alpha value is -2.13. The van der Waals surface area contributed by atoms with Crippen molar-refractivity contribution in [1.82, 2.24) is 19.7 Å². The van der Waals surface area contributed by atoms with Crippen LogP contribution in [0.4, 0.5) is 13.2 Å². The molecule has 0 fully saturated rings. The van der Waals surface area contributed by atoms with Crippen molar-refractivity contribution in [1.29, 1.82) is 0 Å². The van der Waals surface area contributed by atoms with E-state index in [1.165, 1.54) is 4.90 Å². The van der Waals surface area contributed by atoms with Gasteiger partial charge in [0.25, 0.3) is 0 Å². The van der Waals surface area contributed by atoms with E-state index >= 15 is 0 Å². The number of alkyl halides is 4. The van der Waals surface area contributed by atoms with Gasteiger partial charge in [-0.3, -0.25) is 9.78 Å². The Kier molecular flexibility index (Phi) is 6.77. The van der Waals surface area contributed by atoms with E-state index in [0.717, 1.165) is 0 Å². The summed E-state index contributed by atoms with van der Waals surface area (Å²) in [4.78, 5) is 17.3. The molecular weight excluding hydrogens is 361 g/mol. The van der Waals surface area contributed by atoms with Gasteiger partial charge < -0.3 is 9.64 Å². The predicted octanol–water partition coefficient (Wildman–Crippen LogP) is 2.41. The number of nitrogens with zero attached hydrogens (tertiary/aromatic N) is 4. The summed E-state index contributed by atoms with van der Waals surface area (Å²) in [6.45, 7) is -1.48. The van der Waals surface area contributed by atoms with Crippen LogP contribution in [0.3, 0.4) is 0 Å². The van der Waals surface area contributed by atoms with E-state index < -0.39 is 18.7 Å². The molecule has 6 nitrogen and oxygen atoms in total. The van der Waals surface area contributed by atoms with Crippen LogP contribution in [0.15, 0.2) is 36.8 Å². The lowest BCUT2D eigenvalue weighted by atomic mass is 10.3. The number of ether oxygens (including phenoxy) is 1. The van der Waals surface area contributed by atoms with Gasteiger partial charge in [0.2, 0.25) is 5.91 Å². The van der Waals surface area contributed by atoms with Crippen molar-refractivity contribution in [3.63, 3.8) is 0 Å². The van der Waals surface area contributed by atoms with E-state index in [1.54, 1.807) is 41.5 Å². The third-order valence-corrected chi connectivity index (χ3v) is 3.43. The first-order chi connectivity index (χ1) is 11.9. The molecule has 0 atom stereocenters. The maximum Gasteiger partial charge on any atom is 0.411 e. The number of aromatic nitrogens is 3. The van der Waals surface area contributed by atoms with Gasteiger partial charge in [0, 0.05) is 18.9 Å². The molecule has 2 aromatic rings. The summed E-state index contributed by atoms with van der Waals surface area (Å²) in [6.07, 6.45) is 0.386. The quantitative estimate of drug-likeness (QED) is 0.524. The van der Waals surface area contributed by atoms with E-state index in [1.807, 2.05) is 0 Å². The Morgan fingerprint density at radius 2 is 2.12 bits per heavy atom. The Morgan fingerprint density at radius 1 is 1.32 bits per heavy atom. The highest BCUT2D eigenvalue weighted by atomic mass is 35.5. The van der Waals surface area contributed by atoms with Gasteiger partial charge >= 0.3 is 6.18 Å². The fraction of sp³-hybridized carbons (Fsp3) is 0.400. The average molecular weight is 377 g/mol. The average Bonchev–Trinajstić information content (AvgIpc) is 3.05. The molecule has 2 rings (SSSR count). The molecule has 0 saturated heterocycles. The van der Waals surface area contributed by atoms with Gasteiger partial charge in [0.1, 0.15) is 12.5 Å². The Bertz CT molecular complexity index is 679. The monoisotopic (exact) mass is 376 g/mol. The normalized spacial score (nSPS) is 11.5. The van der Waals surface area contributed by atoms with Crippen molar-refractivity contribution in [2.24, 2.45) is 0 Å². The molecular formula is C15H16ClF3N4O2. The highest BCUT2D eigenvalue weighted by Crippen LogP contribution is 2.15. The number of rotatable bonds is 8. The van der Waals surface area contributed by atoms with Crippen LogP contribution in [-0.2, 0) is 16.1 Å². The maximum atomic E-state index is 12.1. The summed E-state index contributed by atoms with van der Waals surface area (Å²) >= 11 is 5.58. The highest BCUT2D eigenvalue weighted by Gasteiger charge is 2.27. The molecule has 136 valence electrons. The van der Waals surface area contributed by atoms with Gasteiger partial charge in [0.15, 0.2) is 0 Å². The zero-order valence-electron chi connectivity index (χ0n) is 13.1. The fourth-order valence-corrected chi connectivity index (χ4v) is 2.27. The minimum Gasteiger partial charge on any atom is -0.370 e. The van der Waals surface area contributed by atoms with E-state index in [0.29, 0.717) is 11.4 Å². The van der Waals surface area contributed by atoms with Crippen molar-refractivity contribution >= 4 is 17.5 Å². The second kappa shape index (κ2) is 8.82. The molecule has 2 heterocycles. The van der Waals surface area contributed by atoms with Crippen LogP contribution in [0.1, 0.15) is 5.69 Å². The van der Waals surface area contributed by atoms with E-state index in [9.17, 15) is 18.0 Å². The fourth-order valence-electron chi connectivity index (χ4n) is 2.10. The molecule has 0 aromatic carbocycles. The third kappa shape index (κ3) is 6.02. The van der Waals surface area contributed by atoms with E-state index in [4.69, 9.17) is 11.6 Å².